The first-order chi connectivity index (χ1) is 14.7. The molecule has 9 nitrogen and oxygen atoms in total. The summed E-state index contributed by atoms with van der Waals surface area (Å²) >= 11 is 0. The Morgan fingerprint density at radius 3 is 2.87 bits per heavy atom. The van der Waals surface area contributed by atoms with Crippen LogP contribution in [-0.2, 0) is 19.8 Å². The van der Waals surface area contributed by atoms with Crippen molar-refractivity contribution in [3.63, 3.8) is 0 Å². The van der Waals surface area contributed by atoms with Gasteiger partial charge in [-0.1, -0.05) is 13.3 Å². The molecule has 0 spiro atoms. The van der Waals surface area contributed by atoms with Gasteiger partial charge < -0.3 is 19.9 Å². The summed E-state index contributed by atoms with van der Waals surface area (Å²) in [6.07, 6.45) is 4.00. The smallest absolute Gasteiger partial charge is 0.335 e. The average molecular weight is 430 g/mol. The first-order valence-corrected chi connectivity index (χ1v) is 10.7. The van der Waals surface area contributed by atoms with Crippen molar-refractivity contribution in [1.82, 2.24) is 14.8 Å². The number of nitrogen functional groups attached to an aromatic ring is 1. The molecule has 0 amide bonds. The highest BCUT2D eigenvalue weighted by Gasteiger charge is 2.43. The fourth-order valence-corrected chi connectivity index (χ4v) is 3.74. The van der Waals surface area contributed by atoms with Crippen molar-refractivity contribution in [2.75, 3.05) is 18.9 Å². The van der Waals surface area contributed by atoms with Crippen LogP contribution >= 0.6 is 0 Å². The summed E-state index contributed by atoms with van der Waals surface area (Å²) in [7, 11) is 0. The van der Waals surface area contributed by atoms with Crippen molar-refractivity contribution in [1.29, 1.82) is 5.26 Å². The zero-order valence-electron chi connectivity index (χ0n) is 18.7. The van der Waals surface area contributed by atoms with Crippen LogP contribution in [0.3, 0.4) is 0 Å². The number of anilines is 1. The summed E-state index contributed by atoms with van der Waals surface area (Å²) in [6.45, 7) is 8.23. The maximum atomic E-state index is 12.4. The fraction of sp³-hybridized carbons (Fsp3) is 0.636. The Labute approximate surface area is 182 Å². The number of rotatable bonds is 7. The molecule has 1 saturated heterocycles. The minimum atomic E-state index is -0.745. The van der Waals surface area contributed by atoms with Crippen LogP contribution < -0.4 is 10.5 Å². The standard InChI is InChI=1S/C22H31N5O4/c1-5-6-13-29-19-17-15(8-12-25-19)27(26-18(17)24)22(10-11-23)9-7-16(30-14-22)20(28)31-21(2,3)4/h8,12,16H,5-7,9-10,13-14H2,1-4H3,(H2,24,26). The van der Waals surface area contributed by atoms with Crippen molar-refractivity contribution in [2.24, 2.45) is 0 Å². The lowest BCUT2D eigenvalue weighted by Crippen LogP contribution is -2.47. The number of esters is 1. The Morgan fingerprint density at radius 1 is 1.48 bits per heavy atom. The van der Waals surface area contributed by atoms with E-state index in [0.29, 0.717) is 36.5 Å². The topological polar surface area (TPSA) is 125 Å². The number of nitrogens with two attached hydrogens (primary N) is 1. The number of hydrogen-bond acceptors (Lipinski definition) is 8. The minimum Gasteiger partial charge on any atom is -0.477 e. The number of unbranched alkanes of at least 4 members (excludes halogenated alkanes) is 1. The second kappa shape index (κ2) is 9.10. The third-order valence-electron chi connectivity index (χ3n) is 5.28. The zero-order chi connectivity index (χ0) is 22.6. The van der Waals surface area contributed by atoms with E-state index in [1.165, 1.54) is 0 Å². The van der Waals surface area contributed by atoms with Crippen LogP contribution in [0, 0.1) is 11.3 Å². The van der Waals surface area contributed by atoms with E-state index in [2.05, 4.69) is 23.1 Å². The molecule has 2 N–H and O–H groups in total. The molecular weight excluding hydrogens is 398 g/mol. The van der Waals surface area contributed by atoms with Gasteiger partial charge in [0.2, 0.25) is 5.88 Å². The van der Waals surface area contributed by atoms with Gasteiger partial charge in [-0.25, -0.2) is 9.78 Å². The molecule has 2 unspecified atom stereocenters. The van der Waals surface area contributed by atoms with Crippen LogP contribution in [-0.4, -0.2) is 45.7 Å². The van der Waals surface area contributed by atoms with Crippen LogP contribution in [0.1, 0.15) is 59.8 Å². The predicted octanol–water partition coefficient (Wildman–Crippen LogP) is 3.32. The molecule has 0 aromatic carbocycles. The van der Waals surface area contributed by atoms with Gasteiger partial charge in [-0.05, 0) is 46.1 Å². The maximum absolute atomic E-state index is 12.4. The second-order valence-electron chi connectivity index (χ2n) is 8.94. The molecule has 0 saturated carbocycles. The van der Waals surface area contributed by atoms with Gasteiger partial charge in [0.1, 0.15) is 11.0 Å². The number of carbonyl (C=O) groups is 1. The number of nitriles is 1. The van der Waals surface area contributed by atoms with E-state index in [-0.39, 0.29) is 13.0 Å². The van der Waals surface area contributed by atoms with E-state index < -0.39 is 23.2 Å². The first-order valence-electron chi connectivity index (χ1n) is 10.7. The van der Waals surface area contributed by atoms with E-state index in [9.17, 15) is 10.1 Å². The van der Waals surface area contributed by atoms with Crippen LogP contribution in [0.15, 0.2) is 12.3 Å². The fourth-order valence-electron chi connectivity index (χ4n) is 3.74. The van der Waals surface area contributed by atoms with Gasteiger partial charge >= 0.3 is 5.97 Å². The molecule has 1 aliphatic heterocycles. The van der Waals surface area contributed by atoms with E-state index >= 15 is 0 Å². The van der Waals surface area contributed by atoms with E-state index in [1.54, 1.807) is 10.9 Å². The molecule has 2 aromatic heterocycles. The van der Waals surface area contributed by atoms with Crippen molar-refractivity contribution in [2.45, 2.75) is 77.0 Å². The lowest BCUT2D eigenvalue weighted by molar-refractivity contribution is -0.176. The van der Waals surface area contributed by atoms with Crippen molar-refractivity contribution in [3.8, 4) is 11.9 Å². The van der Waals surface area contributed by atoms with Crippen molar-refractivity contribution in [3.05, 3.63) is 12.3 Å². The molecule has 1 aliphatic rings. The van der Waals surface area contributed by atoms with Gasteiger partial charge in [0.25, 0.3) is 0 Å². The Morgan fingerprint density at radius 2 is 2.26 bits per heavy atom. The SMILES string of the molecule is CCCCOc1nccc2c1c(N)nn2C1(CC#N)CCC(C(=O)OC(C)(C)C)OC1. The summed E-state index contributed by atoms with van der Waals surface area (Å²) in [5, 5.41) is 14.7. The number of carbonyl (C=O) groups excluding carboxylic acids is 1. The summed E-state index contributed by atoms with van der Waals surface area (Å²) in [5.41, 5.74) is 5.64. The molecule has 2 aromatic rings. The van der Waals surface area contributed by atoms with Crippen LogP contribution in [0.25, 0.3) is 10.9 Å². The first kappa shape index (κ1) is 22.8. The second-order valence-corrected chi connectivity index (χ2v) is 8.94. The predicted molar refractivity (Wildman–Crippen MR) is 115 cm³/mol. The minimum absolute atomic E-state index is 0.148. The molecule has 31 heavy (non-hydrogen) atoms. The maximum Gasteiger partial charge on any atom is 0.335 e. The lowest BCUT2D eigenvalue weighted by Gasteiger charge is -2.39. The van der Waals surface area contributed by atoms with E-state index in [1.807, 2.05) is 26.8 Å². The van der Waals surface area contributed by atoms with Gasteiger partial charge in [-0.15, -0.1) is 0 Å². The number of fused-ring (bicyclic) bond motifs is 1. The van der Waals surface area contributed by atoms with Gasteiger partial charge in [0, 0.05) is 6.20 Å². The number of aromatic nitrogens is 3. The van der Waals surface area contributed by atoms with E-state index in [4.69, 9.17) is 19.9 Å². The largest absolute Gasteiger partial charge is 0.477 e. The Kier molecular flexibility index (Phi) is 6.70. The number of ether oxygens (including phenoxy) is 3. The Bertz CT molecular complexity index is 965. The van der Waals surface area contributed by atoms with Gasteiger partial charge in [0.05, 0.1) is 36.8 Å². The van der Waals surface area contributed by atoms with Gasteiger partial charge in [-0.2, -0.15) is 10.4 Å². The third-order valence-corrected chi connectivity index (χ3v) is 5.28. The number of pyridine rings is 1. The summed E-state index contributed by atoms with van der Waals surface area (Å²) in [4.78, 5) is 16.7. The Balaban J connectivity index is 1.90. The van der Waals surface area contributed by atoms with Crippen molar-refractivity contribution >= 4 is 22.7 Å². The average Bonchev–Trinajstić information content (AvgIpc) is 3.06. The molecule has 3 rings (SSSR count). The van der Waals surface area contributed by atoms with E-state index in [0.717, 1.165) is 18.4 Å². The van der Waals surface area contributed by atoms with Gasteiger partial charge in [-0.3, -0.25) is 4.68 Å². The molecule has 0 aliphatic carbocycles. The molecule has 3 heterocycles. The number of hydrogen-bond donors (Lipinski definition) is 1. The highest BCUT2D eigenvalue weighted by atomic mass is 16.6. The Hall–Kier alpha value is -2.86. The molecule has 168 valence electrons. The summed E-state index contributed by atoms with van der Waals surface area (Å²) in [5.74, 6) is 0.338. The van der Waals surface area contributed by atoms with Crippen LogP contribution in [0.4, 0.5) is 5.82 Å². The molecular formula is C22H31N5O4. The molecule has 2 atom stereocenters. The monoisotopic (exact) mass is 429 g/mol. The summed E-state index contributed by atoms with van der Waals surface area (Å²) < 4.78 is 18.9. The quantitative estimate of drug-likeness (QED) is 0.525. The molecule has 0 radical (unpaired) electrons. The normalized spacial score (nSPS) is 21.6. The highest BCUT2D eigenvalue weighted by Crippen LogP contribution is 2.39. The van der Waals surface area contributed by atoms with Gasteiger partial charge in [0.15, 0.2) is 11.9 Å². The summed E-state index contributed by atoms with van der Waals surface area (Å²) in [6, 6.07) is 4.05. The number of nitrogens with zero attached hydrogens (tertiary/aromatic N) is 4. The molecule has 1 fully saturated rings. The third kappa shape index (κ3) is 4.90. The lowest BCUT2D eigenvalue weighted by atomic mass is 9.87. The zero-order valence-corrected chi connectivity index (χ0v) is 18.7. The van der Waals surface area contributed by atoms with Crippen molar-refractivity contribution < 1.29 is 19.0 Å². The highest BCUT2D eigenvalue weighted by molar-refractivity contribution is 5.93. The molecule has 9 heteroatoms. The van der Waals surface area contributed by atoms with Crippen LogP contribution in [0.2, 0.25) is 0 Å². The molecule has 0 bridgehead atoms. The van der Waals surface area contributed by atoms with Crippen LogP contribution in [0.5, 0.6) is 5.88 Å².